The predicted molar refractivity (Wildman–Crippen MR) is 78.3 cm³/mol. The van der Waals surface area contributed by atoms with Crippen molar-refractivity contribution in [3.63, 3.8) is 0 Å². The summed E-state index contributed by atoms with van der Waals surface area (Å²) in [7, 11) is 0. The Balaban J connectivity index is 2.07. The van der Waals surface area contributed by atoms with Crippen LogP contribution in [0.5, 0.6) is 0 Å². The van der Waals surface area contributed by atoms with Gasteiger partial charge in [-0.15, -0.1) is 0 Å². The van der Waals surface area contributed by atoms with Crippen LogP contribution < -0.4 is 5.32 Å². The molecule has 0 spiro atoms. The highest BCUT2D eigenvalue weighted by Crippen LogP contribution is 2.26. The van der Waals surface area contributed by atoms with E-state index in [0.29, 0.717) is 32.1 Å². The molecule has 2 saturated heterocycles. The van der Waals surface area contributed by atoms with E-state index < -0.39 is 5.54 Å². The van der Waals surface area contributed by atoms with E-state index in [-0.39, 0.29) is 30.1 Å². The molecule has 2 rings (SSSR count). The van der Waals surface area contributed by atoms with Crippen molar-refractivity contribution in [3.8, 4) is 0 Å². The molecule has 1 N–H and O–H groups in total. The minimum Gasteiger partial charge on any atom is -0.352 e. The Morgan fingerprint density at radius 3 is 2.67 bits per heavy atom. The van der Waals surface area contributed by atoms with Gasteiger partial charge in [0, 0.05) is 32.6 Å². The van der Waals surface area contributed by atoms with Crippen molar-refractivity contribution in [1.29, 1.82) is 0 Å². The summed E-state index contributed by atoms with van der Waals surface area (Å²) in [5, 5.41) is 2.78. The van der Waals surface area contributed by atoms with Crippen molar-refractivity contribution in [2.24, 2.45) is 11.8 Å². The second-order valence-corrected chi connectivity index (χ2v) is 6.90. The third kappa shape index (κ3) is 3.04. The molecule has 0 radical (unpaired) electrons. The van der Waals surface area contributed by atoms with E-state index in [9.17, 15) is 14.4 Å². The third-order valence-electron chi connectivity index (χ3n) is 4.27. The highest BCUT2D eigenvalue weighted by Gasteiger charge is 2.45. The van der Waals surface area contributed by atoms with Crippen LogP contribution in [0.4, 0.5) is 0 Å². The van der Waals surface area contributed by atoms with Gasteiger partial charge in [-0.3, -0.25) is 14.4 Å². The van der Waals surface area contributed by atoms with Crippen LogP contribution in [-0.4, -0.2) is 59.2 Å². The van der Waals surface area contributed by atoms with E-state index in [1.807, 2.05) is 0 Å². The molecule has 6 heteroatoms. The van der Waals surface area contributed by atoms with Crippen molar-refractivity contribution >= 4 is 17.7 Å². The van der Waals surface area contributed by atoms with Gasteiger partial charge in [-0.25, -0.2) is 0 Å². The van der Waals surface area contributed by atoms with Crippen LogP contribution in [0.2, 0.25) is 0 Å². The minimum atomic E-state index is -0.843. The van der Waals surface area contributed by atoms with E-state index in [1.54, 1.807) is 23.6 Å². The first-order valence-corrected chi connectivity index (χ1v) is 7.61. The molecule has 0 bridgehead atoms. The number of hydrogen-bond donors (Lipinski definition) is 1. The zero-order chi connectivity index (χ0) is 15.8. The summed E-state index contributed by atoms with van der Waals surface area (Å²) in [6, 6.07) is 0. The molecule has 0 aromatic carbocycles. The summed E-state index contributed by atoms with van der Waals surface area (Å²) in [6.45, 7) is 9.76. The summed E-state index contributed by atoms with van der Waals surface area (Å²) < 4.78 is 0. The van der Waals surface area contributed by atoms with Gasteiger partial charge in [-0.2, -0.15) is 0 Å². The van der Waals surface area contributed by atoms with E-state index in [4.69, 9.17) is 0 Å². The quantitative estimate of drug-likeness (QED) is 0.810. The minimum absolute atomic E-state index is 0.0429. The molecule has 2 aliphatic rings. The van der Waals surface area contributed by atoms with Crippen molar-refractivity contribution in [3.05, 3.63) is 0 Å². The molecule has 21 heavy (non-hydrogen) atoms. The third-order valence-corrected chi connectivity index (χ3v) is 4.27. The van der Waals surface area contributed by atoms with E-state index in [1.165, 1.54) is 0 Å². The molecule has 1 atom stereocenters. The summed E-state index contributed by atoms with van der Waals surface area (Å²) in [5.41, 5.74) is -0.843. The maximum absolute atomic E-state index is 12.7. The van der Waals surface area contributed by atoms with Gasteiger partial charge in [-0.05, 0) is 19.8 Å². The van der Waals surface area contributed by atoms with E-state index in [2.05, 4.69) is 19.2 Å². The smallest absolute Gasteiger partial charge is 0.245 e. The van der Waals surface area contributed by atoms with Crippen LogP contribution in [0.15, 0.2) is 0 Å². The Morgan fingerprint density at radius 2 is 2.05 bits per heavy atom. The molecule has 0 aromatic heterocycles. The molecule has 2 fully saturated rings. The van der Waals surface area contributed by atoms with Crippen molar-refractivity contribution in [1.82, 2.24) is 15.1 Å². The van der Waals surface area contributed by atoms with Gasteiger partial charge in [0.25, 0.3) is 0 Å². The molecule has 0 aliphatic carbocycles. The molecular weight excluding hydrogens is 270 g/mol. The molecule has 1 unspecified atom stereocenters. The van der Waals surface area contributed by atoms with Crippen molar-refractivity contribution in [2.45, 2.75) is 39.7 Å². The Morgan fingerprint density at radius 1 is 1.38 bits per heavy atom. The highest BCUT2D eigenvalue weighted by atomic mass is 16.2. The van der Waals surface area contributed by atoms with Crippen LogP contribution in [-0.2, 0) is 14.4 Å². The Hall–Kier alpha value is -1.59. The Labute approximate surface area is 125 Å². The normalized spacial score (nSPS) is 25.5. The lowest BCUT2D eigenvalue weighted by Crippen LogP contribution is -2.64. The van der Waals surface area contributed by atoms with E-state index >= 15 is 0 Å². The van der Waals surface area contributed by atoms with Gasteiger partial charge in [-0.1, -0.05) is 13.8 Å². The van der Waals surface area contributed by atoms with Gasteiger partial charge >= 0.3 is 0 Å². The topological polar surface area (TPSA) is 69.7 Å². The summed E-state index contributed by atoms with van der Waals surface area (Å²) in [6.07, 6.45) is 0.264. The van der Waals surface area contributed by atoms with Crippen LogP contribution in [0.1, 0.15) is 34.1 Å². The van der Waals surface area contributed by atoms with Gasteiger partial charge < -0.3 is 15.1 Å². The summed E-state index contributed by atoms with van der Waals surface area (Å²) in [5.74, 6) is -0.0948. The molecular formula is C15H25N3O3. The fourth-order valence-electron chi connectivity index (χ4n) is 3.06. The fraction of sp³-hybridized carbons (Fsp3) is 0.800. The largest absolute Gasteiger partial charge is 0.352 e. The monoisotopic (exact) mass is 295 g/mol. The number of nitrogens with one attached hydrogen (secondary N) is 1. The maximum Gasteiger partial charge on any atom is 0.245 e. The number of piperazine rings is 1. The number of amides is 3. The van der Waals surface area contributed by atoms with Crippen LogP contribution in [0.3, 0.4) is 0 Å². The fourth-order valence-corrected chi connectivity index (χ4v) is 3.06. The molecule has 0 saturated carbocycles. The average Bonchev–Trinajstić information content (AvgIpc) is 2.73. The second kappa shape index (κ2) is 5.66. The number of likely N-dealkylation sites (tertiary alicyclic amines) is 1. The standard InChI is InChI=1S/C15H25N3O3/c1-10(2)8-17-9-11(7-12(17)19)13(20)18-6-5-16-14(21)15(18,3)4/h10-11H,5-9H2,1-4H3,(H,16,21). The lowest BCUT2D eigenvalue weighted by atomic mass is 9.95. The zero-order valence-corrected chi connectivity index (χ0v) is 13.3. The van der Waals surface area contributed by atoms with Crippen molar-refractivity contribution in [2.75, 3.05) is 26.2 Å². The number of hydrogen-bond acceptors (Lipinski definition) is 3. The lowest BCUT2D eigenvalue weighted by Gasteiger charge is -2.42. The van der Waals surface area contributed by atoms with Gasteiger partial charge in [0.15, 0.2) is 0 Å². The second-order valence-electron chi connectivity index (χ2n) is 6.90. The van der Waals surface area contributed by atoms with Gasteiger partial charge in [0.05, 0.1) is 5.92 Å². The number of carbonyl (C=O) groups is 3. The first-order chi connectivity index (χ1) is 9.73. The van der Waals surface area contributed by atoms with Gasteiger partial charge in [0.2, 0.25) is 17.7 Å². The first-order valence-electron chi connectivity index (χ1n) is 7.61. The average molecular weight is 295 g/mol. The predicted octanol–water partition coefficient (Wildman–Crippen LogP) is 0.228. The Bertz CT molecular complexity index is 459. The van der Waals surface area contributed by atoms with E-state index in [0.717, 1.165) is 0 Å². The highest BCUT2D eigenvalue weighted by molar-refractivity contribution is 5.95. The van der Waals surface area contributed by atoms with Crippen molar-refractivity contribution < 1.29 is 14.4 Å². The molecule has 2 aliphatic heterocycles. The maximum atomic E-state index is 12.7. The molecule has 2 heterocycles. The molecule has 0 aromatic rings. The summed E-state index contributed by atoms with van der Waals surface area (Å²) >= 11 is 0. The zero-order valence-electron chi connectivity index (χ0n) is 13.3. The first kappa shape index (κ1) is 15.8. The van der Waals surface area contributed by atoms with Gasteiger partial charge in [0.1, 0.15) is 5.54 Å². The number of carbonyl (C=O) groups excluding carboxylic acids is 3. The number of nitrogens with zero attached hydrogens (tertiary/aromatic N) is 2. The Kier molecular flexibility index (Phi) is 4.25. The van der Waals surface area contributed by atoms with Crippen LogP contribution in [0, 0.1) is 11.8 Å². The summed E-state index contributed by atoms with van der Waals surface area (Å²) in [4.78, 5) is 40.0. The van der Waals surface area contributed by atoms with Crippen LogP contribution in [0.25, 0.3) is 0 Å². The lowest BCUT2D eigenvalue weighted by molar-refractivity contribution is -0.151. The SMILES string of the molecule is CC(C)CN1CC(C(=O)N2CCNC(=O)C2(C)C)CC1=O. The van der Waals surface area contributed by atoms with Crippen LogP contribution >= 0.6 is 0 Å². The number of rotatable bonds is 3. The molecule has 118 valence electrons. The molecule has 3 amide bonds. The molecule has 6 nitrogen and oxygen atoms in total.